The number of likely N-dealkylation sites (N-methyl/N-ethyl adjacent to an activating group) is 1. The topological polar surface area (TPSA) is 94.9 Å². The number of carbonyl (C=O) groups is 1. The predicted molar refractivity (Wildman–Crippen MR) is 112 cm³/mol. The molecule has 3 aromatic rings. The van der Waals surface area contributed by atoms with Crippen molar-refractivity contribution in [3.05, 3.63) is 70.5 Å². The Balaban J connectivity index is 2.00. The second-order valence-corrected chi connectivity index (χ2v) is 6.61. The smallest absolute Gasteiger partial charge is 0.273 e. The lowest BCUT2D eigenvalue weighted by Crippen LogP contribution is -2.29. The van der Waals surface area contributed by atoms with Gasteiger partial charge < -0.3 is 19.6 Å². The Morgan fingerprint density at radius 3 is 2.44 bits per heavy atom. The van der Waals surface area contributed by atoms with Crippen molar-refractivity contribution in [2.45, 2.75) is 6.92 Å². The Bertz CT molecular complexity index is 1190. The highest BCUT2D eigenvalue weighted by Gasteiger charge is 2.23. The number of hydrogen-bond donors (Lipinski definition) is 1. The van der Waals surface area contributed by atoms with Crippen LogP contribution in [0.2, 0.25) is 5.02 Å². The van der Waals surface area contributed by atoms with Crippen LogP contribution in [0, 0.1) is 18.6 Å². The van der Waals surface area contributed by atoms with Crippen LogP contribution < -0.4 is 14.8 Å². The Labute approximate surface area is 186 Å². The van der Waals surface area contributed by atoms with Crippen molar-refractivity contribution in [1.29, 1.82) is 0 Å². The predicted octanol–water partition coefficient (Wildman–Crippen LogP) is 4.40. The lowest BCUT2D eigenvalue weighted by atomic mass is 10.1. The van der Waals surface area contributed by atoms with Crippen molar-refractivity contribution in [2.75, 3.05) is 14.2 Å². The van der Waals surface area contributed by atoms with Crippen LogP contribution in [0.25, 0.3) is 0 Å². The monoisotopic (exact) mass is 462 g/mol. The molecule has 0 spiro atoms. The molecule has 32 heavy (non-hydrogen) atoms. The summed E-state index contributed by atoms with van der Waals surface area (Å²) in [6.07, 6.45) is 1.01. The van der Waals surface area contributed by atoms with Gasteiger partial charge in [-0.25, -0.2) is 4.39 Å². The maximum Gasteiger partial charge on any atom is 0.273 e. The van der Waals surface area contributed by atoms with Gasteiger partial charge in [0, 0.05) is 23.7 Å². The zero-order valence-corrected chi connectivity index (χ0v) is 17.9. The van der Waals surface area contributed by atoms with Crippen molar-refractivity contribution in [3.63, 3.8) is 0 Å². The van der Waals surface area contributed by atoms with Gasteiger partial charge in [0.15, 0.2) is 5.71 Å². The van der Waals surface area contributed by atoms with E-state index in [0.717, 1.165) is 18.5 Å². The van der Waals surface area contributed by atoms with Gasteiger partial charge in [0.1, 0.15) is 30.8 Å². The molecule has 0 saturated carbocycles. The second-order valence-electron chi connectivity index (χ2n) is 6.21. The minimum absolute atomic E-state index is 0.0405. The van der Waals surface area contributed by atoms with Gasteiger partial charge in [0.2, 0.25) is 5.82 Å². The summed E-state index contributed by atoms with van der Waals surface area (Å²) in [5.74, 6) is -3.32. The van der Waals surface area contributed by atoms with Crippen molar-refractivity contribution in [3.8, 4) is 23.3 Å². The summed E-state index contributed by atoms with van der Waals surface area (Å²) in [7, 11) is 2.61. The molecule has 3 rings (SSSR count). The number of halogens is 3. The van der Waals surface area contributed by atoms with Crippen LogP contribution in [0.15, 0.2) is 47.9 Å². The van der Waals surface area contributed by atoms with Crippen LogP contribution in [0.1, 0.15) is 11.1 Å². The molecule has 0 aliphatic heterocycles. The van der Waals surface area contributed by atoms with Crippen molar-refractivity contribution in [2.24, 2.45) is 5.16 Å². The number of amides is 1. The highest BCUT2D eigenvalue weighted by molar-refractivity contribution is 6.45. The maximum absolute atomic E-state index is 15.0. The number of aromatic nitrogens is 2. The molecule has 2 aromatic carbocycles. The molecule has 0 aliphatic carbocycles. The summed E-state index contributed by atoms with van der Waals surface area (Å²) in [6, 6.07) is 8.16. The van der Waals surface area contributed by atoms with Gasteiger partial charge in [-0.1, -0.05) is 22.8 Å². The molecule has 166 valence electrons. The van der Waals surface area contributed by atoms with Gasteiger partial charge in [-0.15, -0.1) is 0 Å². The summed E-state index contributed by atoms with van der Waals surface area (Å²) in [6.45, 7) is 1.70. The van der Waals surface area contributed by atoms with Crippen LogP contribution >= 0.6 is 11.6 Å². The van der Waals surface area contributed by atoms with Gasteiger partial charge >= 0.3 is 0 Å². The normalized spacial score (nSPS) is 11.1. The number of benzene rings is 2. The van der Waals surface area contributed by atoms with Crippen molar-refractivity contribution in [1.82, 2.24) is 15.3 Å². The third kappa shape index (κ3) is 4.92. The molecule has 11 heteroatoms. The van der Waals surface area contributed by atoms with Gasteiger partial charge in [0.25, 0.3) is 17.7 Å². The van der Waals surface area contributed by atoms with Crippen molar-refractivity contribution < 1.29 is 27.9 Å². The molecule has 0 bridgehead atoms. The fraction of sp³-hybridized carbons (Fsp3) is 0.143. The summed E-state index contributed by atoms with van der Waals surface area (Å²) in [4.78, 5) is 24.4. The fourth-order valence-corrected chi connectivity index (χ4v) is 2.75. The Morgan fingerprint density at radius 2 is 1.78 bits per heavy atom. The first-order valence-electron chi connectivity index (χ1n) is 9.10. The average Bonchev–Trinajstić information content (AvgIpc) is 2.78. The number of nitrogens with zero attached hydrogens (tertiary/aromatic N) is 3. The summed E-state index contributed by atoms with van der Waals surface area (Å²) < 4.78 is 40.0. The molecule has 1 N–H and O–H groups in total. The van der Waals surface area contributed by atoms with E-state index in [1.165, 1.54) is 20.2 Å². The Kier molecular flexibility index (Phi) is 7.16. The molecule has 0 unspecified atom stereocenters. The maximum atomic E-state index is 15.0. The molecule has 1 amide bonds. The number of carbonyl (C=O) groups excluding carboxylic acids is 1. The summed E-state index contributed by atoms with van der Waals surface area (Å²) >= 11 is 6.06. The molecular weight excluding hydrogens is 446 g/mol. The lowest BCUT2D eigenvalue weighted by Gasteiger charge is -2.13. The second kappa shape index (κ2) is 10.0. The number of ether oxygens (including phenoxy) is 2. The third-order valence-corrected chi connectivity index (χ3v) is 4.59. The highest BCUT2D eigenvalue weighted by Crippen LogP contribution is 2.34. The fourth-order valence-electron chi connectivity index (χ4n) is 2.59. The lowest BCUT2D eigenvalue weighted by molar-refractivity contribution is -0.114. The SMILES string of the molecule is CNC(=O)C(=NOC)c1ccc(F)cc1Oc1ncnc(Oc2cccc(Cl)c2C)c1F. The summed E-state index contributed by atoms with van der Waals surface area (Å²) in [5.41, 5.74) is 0.400. The Hall–Kier alpha value is -3.79. The third-order valence-electron chi connectivity index (χ3n) is 4.18. The zero-order valence-electron chi connectivity index (χ0n) is 17.1. The first kappa shape index (κ1) is 22.9. The molecule has 1 heterocycles. The van der Waals surface area contributed by atoms with Gasteiger partial charge in [-0.3, -0.25) is 4.79 Å². The van der Waals surface area contributed by atoms with Crippen LogP contribution in [-0.4, -0.2) is 35.7 Å². The van der Waals surface area contributed by atoms with E-state index >= 15 is 4.39 Å². The van der Waals surface area contributed by atoms with Crippen LogP contribution in [0.4, 0.5) is 8.78 Å². The molecular formula is C21H17ClF2N4O4. The average molecular weight is 463 g/mol. The first-order chi connectivity index (χ1) is 15.3. The summed E-state index contributed by atoms with van der Waals surface area (Å²) in [5, 5.41) is 6.46. The number of oxime groups is 1. The first-order valence-corrected chi connectivity index (χ1v) is 9.48. The number of rotatable bonds is 7. The van der Waals surface area contributed by atoms with E-state index < -0.39 is 29.3 Å². The molecule has 0 aliphatic rings. The molecule has 1 aromatic heterocycles. The largest absolute Gasteiger partial charge is 0.436 e. The van der Waals surface area contributed by atoms with E-state index in [1.807, 2.05) is 0 Å². The molecule has 0 saturated heterocycles. The molecule has 8 nitrogen and oxygen atoms in total. The van der Waals surface area contributed by atoms with E-state index in [-0.39, 0.29) is 22.8 Å². The van der Waals surface area contributed by atoms with Gasteiger partial charge in [-0.05, 0) is 31.2 Å². The van der Waals surface area contributed by atoms with Gasteiger partial charge in [0.05, 0.1) is 5.56 Å². The number of hydrogen-bond acceptors (Lipinski definition) is 7. The standard InChI is InChI=1S/C21H17ClF2N4O4/c1-11-14(22)5-4-6-15(11)31-20-17(24)21(27-10-26-20)32-16-9-12(23)7-8-13(16)18(28-30-3)19(29)25-2/h4-10H,1-3H3,(H,25,29). The highest BCUT2D eigenvalue weighted by atomic mass is 35.5. The molecule has 0 fully saturated rings. The van der Waals surface area contributed by atoms with E-state index in [4.69, 9.17) is 25.9 Å². The van der Waals surface area contributed by atoms with Crippen LogP contribution in [-0.2, 0) is 9.63 Å². The van der Waals surface area contributed by atoms with Crippen molar-refractivity contribution >= 4 is 23.2 Å². The van der Waals surface area contributed by atoms with Crippen LogP contribution in [0.3, 0.4) is 0 Å². The number of nitrogens with one attached hydrogen (secondary N) is 1. The van der Waals surface area contributed by atoms with E-state index in [0.29, 0.717) is 10.6 Å². The Morgan fingerprint density at radius 1 is 1.09 bits per heavy atom. The minimum atomic E-state index is -1.05. The minimum Gasteiger partial charge on any atom is -0.436 e. The van der Waals surface area contributed by atoms with E-state index in [2.05, 4.69) is 20.4 Å². The quantitative estimate of drug-likeness (QED) is 0.413. The zero-order chi connectivity index (χ0) is 23.3. The van der Waals surface area contributed by atoms with E-state index in [9.17, 15) is 9.18 Å². The molecule has 0 atom stereocenters. The van der Waals surface area contributed by atoms with Crippen LogP contribution in [0.5, 0.6) is 23.3 Å². The molecule has 0 radical (unpaired) electrons. The van der Waals surface area contributed by atoms with Gasteiger partial charge in [-0.2, -0.15) is 14.4 Å². The van der Waals surface area contributed by atoms with E-state index in [1.54, 1.807) is 25.1 Å².